The minimum Gasteiger partial charge on any atom is -0.381 e. The molecule has 4 rings (SSSR count). The standard InChI is InChI=1S/C24H25F3N4O2/c1-2-33-16-23-7-10-30(20-4-3-18(12-28)21(11-20)24(25,26)27)13-19(23)14-31(15-23)22(32)17-5-8-29-9-6-17/h3-6,8-9,11,19H,2,7,10,13-16H2,1H3/t19-,23+/m1/s1. The highest BCUT2D eigenvalue weighted by atomic mass is 19.4. The predicted octanol–water partition coefficient (Wildman–Crippen LogP) is 3.98. The van der Waals surface area contributed by atoms with Gasteiger partial charge in [0.1, 0.15) is 0 Å². The molecule has 2 atom stereocenters. The molecule has 0 spiro atoms. The van der Waals surface area contributed by atoms with E-state index in [-0.39, 0.29) is 22.8 Å². The Morgan fingerprint density at radius 3 is 2.70 bits per heavy atom. The molecule has 9 heteroatoms. The lowest BCUT2D eigenvalue weighted by Crippen LogP contribution is -2.49. The van der Waals surface area contributed by atoms with Crippen LogP contribution in [0.3, 0.4) is 0 Å². The van der Waals surface area contributed by atoms with Gasteiger partial charge in [0, 0.05) is 67.8 Å². The maximum absolute atomic E-state index is 13.5. The SMILES string of the molecule is CCOC[C@@]12CCN(c3ccc(C#N)c(C(F)(F)F)c3)C[C@@H]1CN(C(=O)c1ccncc1)C2. The van der Waals surface area contributed by atoms with Crippen LogP contribution in [0.2, 0.25) is 0 Å². The summed E-state index contributed by atoms with van der Waals surface area (Å²) in [5.74, 6) is -0.0273. The van der Waals surface area contributed by atoms with Crippen molar-refractivity contribution in [2.75, 3.05) is 44.3 Å². The molecular formula is C24H25F3N4O2. The zero-order valence-electron chi connectivity index (χ0n) is 18.3. The molecule has 1 aromatic heterocycles. The predicted molar refractivity (Wildman–Crippen MR) is 116 cm³/mol. The van der Waals surface area contributed by atoms with Crippen molar-refractivity contribution in [3.05, 3.63) is 59.4 Å². The maximum atomic E-state index is 13.5. The van der Waals surface area contributed by atoms with E-state index in [9.17, 15) is 18.0 Å². The van der Waals surface area contributed by atoms with Crippen LogP contribution in [0.5, 0.6) is 0 Å². The van der Waals surface area contributed by atoms with Gasteiger partial charge in [0.15, 0.2) is 0 Å². The Morgan fingerprint density at radius 2 is 2.03 bits per heavy atom. The van der Waals surface area contributed by atoms with Gasteiger partial charge in [0.05, 0.1) is 23.8 Å². The van der Waals surface area contributed by atoms with Gasteiger partial charge in [-0.25, -0.2) is 0 Å². The third kappa shape index (κ3) is 4.53. The van der Waals surface area contributed by atoms with Crippen molar-refractivity contribution >= 4 is 11.6 Å². The zero-order chi connectivity index (χ0) is 23.6. The number of carbonyl (C=O) groups is 1. The van der Waals surface area contributed by atoms with Crippen LogP contribution in [0.25, 0.3) is 0 Å². The van der Waals surface area contributed by atoms with Crippen LogP contribution in [0, 0.1) is 22.7 Å². The number of ether oxygens (including phenoxy) is 1. The summed E-state index contributed by atoms with van der Waals surface area (Å²) in [5, 5.41) is 9.08. The number of hydrogen-bond donors (Lipinski definition) is 0. The van der Waals surface area contributed by atoms with Crippen molar-refractivity contribution < 1.29 is 22.7 Å². The number of rotatable bonds is 5. The number of likely N-dealkylation sites (tertiary alicyclic amines) is 1. The Bertz CT molecular complexity index is 1050. The van der Waals surface area contributed by atoms with Crippen molar-refractivity contribution in [2.45, 2.75) is 19.5 Å². The fourth-order valence-electron chi connectivity index (χ4n) is 4.95. The van der Waals surface area contributed by atoms with Crippen molar-refractivity contribution in [2.24, 2.45) is 11.3 Å². The number of nitriles is 1. The van der Waals surface area contributed by atoms with Crippen LogP contribution in [-0.2, 0) is 10.9 Å². The molecule has 0 unspecified atom stereocenters. The van der Waals surface area contributed by atoms with Gasteiger partial charge in [0.25, 0.3) is 5.91 Å². The number of amides is 1. The first-order chi connectivity index (χ1) is 15.8. The Morgan fingerprint density at radius 1 is 1.27 bits per heavy atom. The first kappa shape index (κ1) is 23.1. The number of pyridine rings is 1. The van der Waals surface area contributed by atoms with Crippen LogP contribution in [0.1, 0.15) is 34.8 Å². The van der Waals surface area contributed by atoms with E-state index in [2.05, 4.69) is 4.98 Å². The van der Waals surface area contributed by atoms with Gasteiger partial charge < -0.3 is 14.5 Å². The Balaban J connectivity index is 1.59. The number of halogens is 3. The van der Waals surface area contributed by atoms with E-state index >= 15 is 0 Å². The smallest absolute Gasteiger partial charge is 0.381 e. The molecule has 2 aromatic rings. The number of anilines is 1. The molecule has 0 N–H and O–H groups in total. The summed E-state index contributed by atoms with van der Waals surface area (Å²) in [6.45, 7) is 5.09. The summed E-state index contributed by atoms with van der Waals surface area (Å²) in [5.41, 5.74) is -0.549. The molecular weight excluding hydrogens is 433 g/mol. The fourth-order valence-corrected chi connectivity index (χ4v) is 4.95. The van der Waals surface area contributed by atoms with E-state index in [1.807, 2.05) is 16.7 Å². The topological polar surface area (TPSA) is 69.5 Å². The second kappa shape index (κ2) is 9.02. The summed E-state index contributed by atoms with van der Waals surface area (Å²) in [6, 6.07) is 8.85. The van der Waals surface area contributed by atoms with Gasteiger partial charge in [-0.1, -0.05) is 0 Å². The molecule has 174 valence electrons. The van der Waals surface area contributed by atoms with Gasteiger partial charge in [0.2, 0.25) is 0 Å². The van der Waals surface area contributed by atoms with Crippen LogP contribution < -0.4 is 4.90 Å². The number of piperidine rings is 1. The molecule has 2 fully saturated rings. The van der Waals surface area contributed by atoms with Gasteiger partial charge in [-0.3, -0.25) is 9.78 Å². The second-order valence-electron chi connectivity index (χ2n) is 8.65. The molecule has 6 nitrogen and oxygen atoms in total. The molecule has 1 amide bonds. The number of benzene rings is 1. The van der Waals surface area contributed by atoms with Gasteiger partial charge >= 0.3 is 6.18 Å². The maximum Gasteiger partial charge on any atom is 0.417 e. The first-order valence-corrected chi connectivity index (χ1v) is 10.9. The highest BCUT2D eigenvalue weighted by Crippen LogP contribution is 2.45. The van der Waals surface area contributed by atoms with Gasteiger partial charge in [-0.05, 0) is 43.7 Å². The monoisotopic (exact) mass is 458 g/mol. The third-order valence-electron chi connectivity index (χ3n) is 6.74. The molecule has 2 aliphatic heterocycles. The lowest BCUT2D eigenvalue weighted by Gasteiger charge is -2.44. The summed E-state index contributed by atoms with van der Waals surface area (Å²) in [6.07, 6.45) is -0.746. The number of alkyl halides is 3. The van der Waals surface area contributed by atoms with Crippen LogP contribution >= 0.6 is 0 Å². The first-order valence-electron chi connectivity index (χ1n) is 10.9. The van der Waals surface area contributed by atoms with Crippen molar-refractivity contribution in [1.29, 1.82) is 5.26 Å². The number of aromatic nitrogens is 1. The Labute approximate surface area is 190 Å². The Hall–Kier alpha value is -3.12. The lowest BCUT2D eigenvalue weighted by molar-refractivity contribution is -0.137. The van der Waals surface area contributed by atoms with Crippen LogP contribution in [0.4, 0.5) is 18.9 Å². The van der Waals surface area contributed by atoms with Crippen molar-refractivity contribution in [3.8, 4) is 6.07 Å². The minimum atomic E-state index is -4.60. The Kier molecular flexibility index (Phi) is 6.30. The van der Waals surface area contributed by atoms with Gasteiger partial charge in [-0.15, -0.1) is 0 Å². The highest BCUT2D eigenvalue weighted by Gasteiger charge is 2.51. The molecule has 0 radical (unpaired) electrons. The van der Waals surface area contributed by atoms with E-state index in [1.54, 1.807) is 36.7 Å². The molecule has 33 heavy (non-hydrogen) atoms. The van der Waals surface area contributed by atoms with E-state index in [0.717, 1.165) is 6.07 Å². The zero-order valence-corrected chi connectivity index (χ0v) is 18.3. The third-order valence-corrected chi connectivity index (χ3v) is 6.74. The van der Waals surface area contributed by atoms with E-state index in [4.69, 9.17) is 10.00 Å². The average Bonchev–Trinajstić information content (AvgIpc) is 3.21. The largest absolute Gasteiger partial charge is 0.417 e. The highest BCUT2D eigenvalue weighted by molar-refractivity contribution is 5.94. The normalized spacial score (nSPS) is 22.7. The summed E-state index contributed by atoms with van der Waals surface area (Å²) >= 11 is 0. The van der Waals surface area contributed by atoms with Crippen LogP contribution in [-0.4, -0.2) is 55.2 Å². The summed E-state index contributed by atoms with van der Waals surface area (Å²) in [4.78, 5) is 20.8. The quantitative estimate of drug-likeness (QED) is 0.678. The average molecular weight is 458 g/mol. The molecule has 2 aliphatic rings. The molecule has 0 bridgehead atoms. The van der Waals surface area contributed by atoms with Crippen molar-refractivity contribution in [3.63, 3.8) is 0 Å². The van der Waals surface area contributed by atoms with E-state index in [1.165, 1.54) is 6.07 Å². The molecule has 2 saturated heterocycles. The number of carbonyl (C=O) groups excluding carboxylic acids is 1. The summed E-state index contributed by atoms with van der Waals surface area (Å²) < 4.78 is 46.2. The minimum absolute atomic E-state index is 0.0496. The van der Waals surface area contributed by atoms with Crippen LogP contribution in [0.15, 0.2) is 42.7 Å². The van der Waals surface area contributed by atoms with E-state index < -0.39 is 11.7 Å². The fraction of sp³-hybridized carbons (Fsp3) is 0.458. The lowest BCUT2D eigenvalue weighted by atomic mass is 9.73. The molecule has 0 aliphatic carbocycles. The van der Waals surface area contributed by atoms with E-state index in [0.29, 0.717) is 57.1 Å². The summed E-state index contributed by atoms with van der Waals surface area (Å²) in [7, 11) is 0. The number of hydrogen-bond acceptors (Lipinski definition) is 5. The molecule has 3 heterocycles. The number of nitrogens with zero attached hydrogens (tertiary/aromatic N) is 4. The van der Waals surface area contributed by atoms with Crippen molar-refractivity contribution in [1.82, 2.24) is 9.88 Å². The second-order valence-corrected chi connectivity index (χ2v) is 8.65. The van der Waals surface area contributed by atoms with Gasteiger partial charge in [-0.2, -0.15) is 18.4 Å². The molecule has 0 saturated carbocycles. The number of fused-ring (bicyclic) bond motifs is 1. The molecule has 1 aromatic carbocycles.